The number of amidine groups is 1. The fourth-order valence-corrected chi connectivity index (χ4v) is 2.76. The topological polar surface area (TPSA) is 76.7 Å². The van der Waals surface area contributed by atoms with Crippen molar-refractivity contribution in [3.05, 3.63) is 102 Å². The monoisotopic (exact) mass is 359 g/mol. The Morgan fingerprint density at radius 2 is 1.33 bits per heavy atom. The third-order valence-corrected chi connectivity index (χ3v) is 3.98. The smallest absolute Gasteiger partial charge is 0.265 e. The first-order valence-electron chi connectivity index (χ1n) is 8.64. The molecule has 5 heteroatoms. The van der Waals surface area contributed by atoms with Gasteiger partial charge in [-0.2, -0.15) is 0 Å². The van der Waals surface area contributed by atoms with Gasteiger partial charge in [0, 0.05) is 5.69 Å². The summed E-state index contributed by atoms with van der Waals surface area (Å²) in [5.41, 5.74) is 8.92. The van der Waals surface area contributed by atoms with Crippen molar-refractivity contribution in [1.29, 1.82) is 0 Å². The van der Waals surface area contributed by atoms with E-state index < -0.39 is 0 Å². The quantitative estimate of drug-likeness (QED) is 0.383. The van der Waals surface area contributed by atoms with Crippen LogP contribution in [0, 0.1) is 0 Å². The Morgan fingerprint density at radius 1 is 0.852 bits per heavy atom. The number of anilines is 1. The number of carbonyl (C=O) groups is 1. The summed E-state index contributed by atoms with van der Waals surface area (Å²) in [4.78, 5) is 17.2. The van der Waals surface area contributed by atoms with Crippen molar-refractivity contribution >= 4 is 17.4 Å². The highest BCUT2D eigenvalue weighted by Crippen LogP contribution is 2.24. The molecule has 3 aromatic carbocycles. The van der Waals surface area contributed by atoms with Gasteiger partial charge in [0.25, 0.3) is 5.91 Å². The molecule has 136 valence electrons. The molecule has 3 aromatic rings. The molecule has 0 aliphatic heterocycles. The first-order valence-corrected chi connectivity index (χ1v) is 8.64. The summed E-state index contributed by atoms with van der Waals surface area (Å²) in [5, 5.41) is 6.73. The van der Waals surface area contributed by atoms with E-state index in [9.17, 15) is 4.79 Å². The summed E-state index contributed by atoms with van der Waals surface area (Å²) in [7, 11) is 0. The van der Waals surface area contributed by atoms with E-state index in [4.69, 9.17) is 10.6 Å². The Hall–Kier alpha value is -3.60. The number of benzene rings is 3. The first-order chi connectivity index (χ1) is 13.2. The average Bonchev–Trinajstić information content (AvgIpc) is 2.70. The van der Waals surface area contributed by atoms with Gasteiger partial charge in [0.05, 0.1) is 5.92 Å². The van der Waals surface area contributed by atoms with E-state index in [1.807, 2.05) is 78.9 Å². The molecule has 1 amide bonds. The molecule has 0 atom stereocenters. The SMILES string of the molecule is N/C(=N/OCC(=O)Nc1ccccc1)C(c1ccccc1)c1ccccc1. The van der Waals surface area contributed by atoms with Crippen molar-refractivity contribution in [3.8, 4) is 0 Å². The first kappa shape index (κ1) is 18.2. The van der Waals surface area contributed by atoms with Gasteiger partial charge in [-0.25, -0.2) is 0 Å². The van der Waals surface area contributed by atoms with Crippen LogP contribution in [0.4, 0.5) is 5.69 Å². The van der Waals surface area contributed by atoms with E-state index in [-0.39, 0.29) is 18.4 Å². The lowest BCUT2D eigenvalue weighted by Crippen LogP contribution is -2.24. The van der Waals surface area contributed by atoms with Crippen LogP contribution in [0.5, 0.6) is 0 Å². The molecule has 0 bridgehead atoms. The Bertz CT molecular complexity index is 842. The Labute approximate surface area is 158 Å². The second-order valence-corrected chi connectivity index (χ2v) is 5.96. The molecule has 0 aliphatic rings. The minimum Gasteiger partial charge on any atom is -0.384 e. The molecular weight excluding hydrogens is 338 g/mol. The number of nitrogens with zero attached hydrogens (tertiary/aromatic N) is 1. The normalized spacial score (nSPS) is 11.2. The number of hydrogen-bond donors (Lipinski definition) is 2. The van der Waals surface area contributed by atoms with Crippen molar-refractivity contribution in [2.75, 3.05) is 11.9 Å². The lowest BCUT2D eigenvalue weighted by molar-refractivity contribution is -0.120. The average molecular weight is 359 g/mol. The van der Waals surface area contributed by atoms with Gasteiger partial charge >= 0.3 is 0 Å². The fraction of sp³-hybridized carbons (Fsp3) is 0.0909. The molecule has 5 nitrogen and oxygen atoms in total. The van der Waals surface area contributed by atoms with E-state index in [1.165, 1.54) is 0 Å². The lowest BCUT2D eigenvalue weighted by Gasteiger charge is -2.17. The molecule has 0 aromatic heterocycles. The lowest BCUT2D eigenvalue weighted by atomic mass is 9.90. The van der Waals surface area contributed by atoms with Crippen LogP contribution in [0.25, 0.3) is 0 Å². The Balaban J connectivity index is 1.68. The zero-order chi connectivity index (χ0) is 18.9. The molecule has 0 heterocycles. The highest BCUT2D eigenvalue weighted by molar-refractivity contribution is 5.92. The van der Waals surface area contributed by atoms with E-state index in [1.54, 1.807) is 12.1 Å². The van der Waals surface area contributed by atoms with Crippen molar-refractivity contribution in [2.45, 2.75) is 5.92 Å². The second-order valence-electron chi connectivity index (χ2n) is 5.96. The summed E-state index contributed by atoms with van der Waals surface area (Å²) >= 11 is 0. The zero-order valence-corrected chi connectivity index (χ0v) is 14.8. The molecule has 0 aliphatic carbocycles. The van der Waals surface area contributed by atoms with Crippen LogP contribution in [0.15, 0.2) is 96.2 Å². The summed E-state index contributed by atoms with van der Waals surface area (Å²) in [5.74, 6) is -0.252. The molecular formula is C22H21N3O2. The molecule has 27 heavy (non-hydrogen) atoms. The molecule has 0 unspecified atom stereocenters. The van der Waals surface area contributed by atoms with Crippen LogP contribution >= 0.6 is 0 Å². The fourth-order valence-electron chi connectivity index (χ4n) is 2.76. The van der Waals surface area contributed by atoms with E-state index in [0.29, 0.717) is 11.5 Å². The number of oxime groups is 1. The molecule has 0 fully saturated rings. The van der Waals surface area contributed by atoms with Gasteiger partial charge in [0.15, 0.2) is 12.4 Å². The third kappa shape index (κ3) is 5.19. The summed E-state index contributed by atoms with van der Waals surface area (Å²) in [6.07, 6.45) is 0. The molecule has 0 saturated carbocycles. The highest BCUT2D eigenvalue weighted by Gasteiger charge is 2.19. The van der Waals surface area contributed by atoms with Gasteiger partial charge in [-0.3, -0.25) is 4.79 Å². The van der Waals surface area contributed by atoms with Crippen LogP contribution in [0.3, 0.4) is 0 Å². The van der Waals surface area contributed by atoms with Gasteiger partial charge in [0.1, 0.15) is 0 Å². The third-order valence-electron chi connectivity index (χ3n) is 3.98. The minimum absolute atomic E-state index is 0.216. The Morgan fingerprint density at radius 3 is 1.85 bits per heavy atom. The predicted octanol–water partition coefficient (Wildman–Crippen LogP) is 3.75. The van der Waals surface area contributed by atoms with Gasteiger partial charge in [-0.15, -0.1) is 0 Å². The van der Waals surface area contributed by atoms with E-state index in [2.05, 4.69) is 10.5 Å². The largest absolute Gasteiger partial charge is 0.384 e. The summed E-state index contributed by atoms with van der Waals surface area (Å²) < 4.78 is 0. The maximum atomic E-state index is 12.0. The second kappa shape index (κ2) is 9.20. The van der Waals surface area contributed by atoms with Crippen molar-refractivity contribution in [2.24, 2.45) is 10.9 Å². The van der Waals surface area contributed by atoms with Crippen LogP contribution in [-0.4, -0.2) is 18.3 Å². The molecule has 0 spiro atoms. The van der Waals surface area contributed by atoms with Gasteiger partial charge < -0.3 is 15.9 Å². The van der Waals surface area contributed by atoms with E-state index in [0.717, 1.165) is 11.1 Å². The van der Waals surface area contributed by atoms with Gasteiger partial charge in [0.2, 0.25) is 0 Å². The van der Waals surface area contributed by atoms with Crippen LogP contribution in [0.2, 0.25) is 0 Å². The predicted molar refractivity (Wildman–Crippen MR) is 107 cm³/mol. The standard InChI is InChI=1S/C22H21N3O2/c23-22(25-27-16-20(26)24-19-14-8-3-9-15-19)21(17-10-4-1-5-11-17)18-12-6-2-7-13-18/h1-15,21H,16H2,(H2,23,25)(H,24,26). The molecule has 3 N–H and O–H groups in total. The number of hydrogen-bond acceptors (Lipinski definition) is 3. The number of carbonyl (C=O) groups excluding carboxylic acids is 1. The minimum atomic E-state index is -0.297. The van der Waals surface area contributed by atoms with Crippen molar-refractivity contribution < 1.29 is 9.63 Å². The Kier molecular flexibility index (Phi) is 6.20. The molecule has 0 radical (unpaired) electrons. The zero-order valence-electron chi connectivity index (χ0n) is 14.8. The van der Waals surface area contributed by atoms with Crippen LogP contribution in [-0.2, 0) is 9.63 Å². The van der Waals surface area contributed by atoms with Gasteiger partial charge in [-0.05, 0) is 23.3 Å². The highest BCUT2D eigenvalue weighted by atomic mass is 16.6. The summed E-state index contributed by atoms with van der Waals surface area (Å²) in [6, 6.07) is 28.8. The van der Waals surface area contributed by atoms with Crippen LogP contribution in [0.1, 0.15) is 17.0 Å². The number of nitrogens with two attached hydrogens (primary N) is 1. The number of amides is 1. The number of rotatable bonds is 7. The number of para-hydroxylation sites is 1. The van der Waals surface area contributed by atoms with E-state index >= 15 is 0 Å². The maximum absolute atomic E-state index is 12.0. The molecule has 0 saturated heterocycles. The summed E-state index contributed by atoms with van der Waals surface area (Å²) in [6.45, 7) is -0.216. The van der Waals surface area contributed by atoms with Crippen LogP contribution < -0.4 is 11.1 Å². The van der Waals surface area contributed by atoms with Crippen molar-refractivity contribution in [3.63, 3.8) is 0 Å². The van der Waals surface area contributed by atoms with Crippen molar-refractivity contribution in [1.82, 2.24) is 0 Å². The maximum Gasteiger partial charge on any atom is 0.265 e. The molecule has 3 rings (SSSR count). The van der Waals surface area contributed by atoms with Gasteiger partial charge in [-0.1, -0.05) is 84.0 Å². The number of nitrogens with one attached hydrogen (secondary N) is 1.